The van der Waals surface area contributed by atoms with Gasteiger partial charge in [-0.25, -0.2) is 4.98 Å². The van der Waals surface area contributed by atoms with Crippen molar-refractivity contribution >= 4 is 29.7 Å². The molecule has 4 heterocycles. The molecule has 0 spiro atoms. The second kappa shape index (κ2) is 6.05. The van der Waals surface area contributed by atoms with Crippen molar-refractivity contribution in [3.05, 3.63) is 41.2 Å². The number of benzene rings is 1. The molecule has 0 bridgehead atoms. The Morgan fingerprint density at radius 1 is 1.18 bits per heavy atom. The maximum Gasteiger partial charge on any atom is 0.255 e. The number of nitrogens with two attached hydrogens (primary N) is 1. The number of hydrogen-bond acceptors (Lipinski definition) is 5. The quantitative estimate of drug-likeness (QED) is 0.767. The first-order valence-electron chi connectivity index (χ1n) is 9.34. The molecule has 0 radical (unpaired) electrons. The number of hydrogen-bond donors (Lipinski definition) is 2. The summed E-state index contributed by atoms with van der Waals surface area (Å²) in [6.45, 7) is 0.335. The van der Waals surface area contributed by atoms with Gasteiger partial charge >= 0.3 is 0 Å². The summed E-state index contributed by atoms with van der Waals surface area (Å²) in [5.41, 5.74) is 9.27. The van der Waals surface area contributed by atoms with Crippen LogP contribution in [-0.2, 0) is 22.6 Å². The van der Waals surface area contributed by atoms with Crippen molar-refractivity contribution in [2.75, 3.05) is 5.73 Å². The Bertz CT molecular complexity index is 1070. The first-order chi connectivity index (χ1) is 13.5. The van der Waals surface area contributed by atoms with Gasteiger partial charge in [0.15, 0.2) is 0 Å². The van der Waals surface area contributed by atoms with E-state index in [9.17, 15) is 14.4 Å². The first kappa shape index (κ1) is 16.7. The minimum absolute atomic E-state index is 0.184. The van der Waals surface area contributed by atoms with E-state index in [4.69, 9.17) is 5.73 Å². The number of carbonyl (C=O) groups is 3. The van der Waals surface area contributed by atoms with Gasteiger partial charge in [-0.15, -0.1) is 0 Å². The normalized spacial score (nSPS) is 20.9. The molecule has 142 valence electrons. The minimum atomic E-state index is -0.615. The monoisotopic (exact) mass is 377 g/mol. The van der Waals surface area contributed by atoms with Crippen LogP contribution in [0, 0.1) is 0 Å². The van der Waals surface area contributed by atoms with E-state index in [2.05, 4.69) is 16.4 Å². The van der Waals surface area contributed by atoms with Crippen LogP contribution in [-0.4, -0.2) is 38.2 Å². The molecule has 28 heavy (non-hydrogen) atoms. The summed E-state index contributed by atoms with van der Waals surface area (Å²) in [5.74, 6) is 0.626. The Morgan fingerprint density at radius 3 is 2.82 bits per heavy atom. The summed E-state index contributed by atoms with van der Waals surface area (Å²) in [5, 5.41) is 2.32. The van der Waals surface area contributed by atoms with E-state index in [0.29, 0.717) is 30.0 Å². The van der Waals surface area contributed by atoms with Crippen LogP contribution in [0.5, 0.6) is 0 Å². The highest BCUT2D eigenvalue weighted by Gasteiger charge is 2.39. The second-order valence-electron chi connectivity index (χ2n) is 7.33. The summed E-state index contributed by atoms with van der Waals surface area (Å²) < 4.78 is 1.90. The number of carbonyl (C=O) groups excluding carboxylic acids is 3. The number of rotatable bonds is 2. The molecule has 3 aliphatic heterocycles. The molecule has 3 amide bonds. The zero-order chi connectivity index (χ0) is 19.4. The van der Waals surface area contributed by atoms with Gasteiger partial charge in [-0.05, 0) is 30.5 Å². The number of nitrogens with one attached hydrogen (secondary N) is 1. The van der Waals surface area contributed by atoms with Gasteiger partial charge in [0.05, 0.1) is 0 Å². The van der Waals surface area contributed by atoms with Gasteiger partial charge in [0, 0.05) is 36.7 Å². The Balaban J connectivity index is 1.47. The molecule has 1 aromatic carbocycles. The lowest BCUT2D eigenvalue weighted by Crippen LogP contribution is -2.52. The van der Waals surface area contributed by atoms with Crippen LogP contribution in [0.15, 0.2) is 24.3 Å². The number of nitrogens with zero attached hydrogens (tertiary/aromatic N) is 3. The fourth-order valence-corrected chi connectivity index (χ4v) is 4.16. The number of anilines is 1. The fraction of sp³-hybridized carbons (Fsp3) is 0.300. The number of aryl methyl sites for hydroxylation is 1. The largest absolute Gasteiger partial charge is 0.383 e. The van der Waals surface area contributed by atoms with Crippen LogP contribution in [0.1, 0.15) is 41.0 Å². The molecular formula is C20H19N5O3. The van der Waals surface area contributed by atoms with Crippen LogP contribution in [0.3, 0.4) is 0 Å². The molecule has 2 aromatic rings. The van der Waals surface area contributed by atoms with Gasteiger partial charge in [-0.2, -0.15) is 0 Å². The number of imide groups is 1. The van der Waals surface area contributed by atoms with E-state index in [-0.39, 0.29) is 18.2 Å². The molecule has 3 N–H and O–H groups in total. The van der Waals surface area contributed by atoms with E-state index >= 15 is 0 Å². The predicted molar refractivity (Wildman–Crippen MR) is 102 cm³/mol. The zero-order valence-electron chi connectivity index (χ0n) is 15.1. The molecule has 1 atom stereocenters. The smallest absolute Gasteiger partial charge is 0.255 e. The van der Waals surface area contributed by atoms with Gasteiger partial charge in [0.2, 0.25) is 11.8 Å². The highest BCUT2D eigenvalue weighted by atomic mass is 16.2. The lowest BCUT2D eigenvalue weighted by Gasteiger charge is -2.29. The summed E-state index contributed by atoms with van der Waals surface area (Å²) in [6, 6.07) is 4.93. The third-order valence-electron chi connectivity index (χ3n) is 5.61. The van der Waals surface area contributed by atoms with Gasteiger partial charge in [-0.1, -0.05) is 12.1 Å². The van der Waals surface area contributed by atoms with Crippen molar-refractivity contribution in [2.24, 2.45) is 0 Å². The van der Waals surface area contributed by atoms with Crippen molar-refractivity contribution in [1.29, 1.82) is 0 Å². The van der Waals surface area contributed by atoms with Crippen LogP contribution < -0.4 is 11.1 Å². The standard InChI is InChI=1S/C20H19N5O3/c21-18-17(22-15-3-1-2-8-24(15)18)11-4-5-13-12(9-11)10-25(20(13)28)14-6-7-16(26)23-19(14)27/h2,4-5,8-9,14H,1,3,6-7,10,21H2,(H,23,26,27). The van der Waals surface area contributed by atoms with Crippen molar-refractivity contribution in [1.82, 2.24) is 19.8 Å². The molecule has 1 saturated heterocycles. The number of nitrogen functional groups attached to an aromatic ring is 1. The number of fused-ring (bicyclic) bond motifs is 2. The maximum atomic E-state index is 12.8. The number of allylic oxidation sites excluding steroid dienone is 1. The Hall–Kier alpha value is -3.42. The van der Waals surface area contributed by atoms with Gasteiger partial charge in [0.1, 0.15) is 23.4 Å². The van der Waals surface area contributed by atoms with E-state index in [1.54, 1.807) is 11.0 Å². The molecular weight excluding hydrogens is 358 g/mol. The molecule has 0 saturated carbocycles. The lowest BCUT2D eigenvalue weighted by molar-refractivity contribution is -0.136. The molecule has 0 aliphatic carbocycles. The van der Waals surface area contributed by atoms with Crippen LogP contribution in [0.25, 0.3) is 17.5 Å². The van der Waals surface area contributed by atoms with Gasteiger partial charge in [-0.3, -0.25) is 24.3 Å². The molecule has 3 aliphatic rings. The summed E-state index contributed by atoms with van der Waals surface area (Å²) in [4.78, 5) is 42.6. The molecule has 1 unspecified atom stereocenters. The van der Waals surface area contributed by atoms with E-state index in [0.717, 1.165) is 29.8 Å². The number of amides is 3. The molecule has 5 rings (SSSR count). The van der Waals surface area contributed by atoms with Crippen LogP contribution in [0.4, 0.5) is 5.82 Å². The van der Waals surface area contributed by atoms with Crippen LogP contribution >= 0.6 is 0 Å². The third kappa shape index (κ3) is 2.45. The van der Waals surface area contributed by atoms with Crippen LogP contribution in [0.2, 0.25) is 0 Å². The zero-order valence-corrected chi connectivity index (χ0v) is 15.1. The van der Waals surface area contributed by atoms with Crippen molar-refractivity contribution in [3.8, 4) is 11.3 Å². The highest BCUT2D eigenvalue weighted by Crippen LogP contribution is 2.34. The highest BCUT2D eigenvalue weighted by molar-refractivity contribution is 6.05. The number of aromatic nitrogens is 2. The minimum Gasteiger partial charge on any atom is -0.383 e. The average molecular weight is 377 g/mol. The van der Waals surface area contributed by atoms with Crippen molar-refractivity contribution < 1.29 is 14.4 Å². The van der Waals surface area contributed by atoms with Crippen molar-refractivity contribution in [2.45, 2.75) is 38.3 Å². The summed E-state index contributed by atoms with van der Waals surface area (Å²) >= 11 is 0. The van der Waals surface area contributed by atoms with Gasteiger partial charge in [0.25, 0.3) is 5.91 Å². The Labute approximate surface area is 161 Å². The van der Waals surface area contributed by atoms with Crippen molar-refractivity contribution in [3.63, 3.8) is 0 Å². The SMILES string of the molecule is Nc1c(-c2ccc3c(c2)CN(C2CCC(=O)NC2=O)C3=O)nc2n1C=CCC2. The third-order valence-corrected chi connectivity index (χ3v) is 5.61. The topological polar surface area (TPSA) is 110 Å². The molecule has 1 aromatic heterocycles. The van der Waals surface area contributed by atoms with E-state index < -0.39 is 11.9 Å². The number of piperidine rings is 1. The Morgan fingerprint density at radius 2 is 2.04 bits per heavy atom. The number of imidazole rings is 1. The van der Waals surface area contributed by atoms with Gasteiger partial charge < -0.3 is 10.6 Å². The summed E-state index contributed by atoms with van der Waals surface area (Å²) in [6.07, 6.45) is 6.37. The van der Waals surface area contributed by atoms with E-state index in [1.807, 2.05) is 22.9 Å². The lowest BCUT2D eigenvalue weighted by atomic mass is 10.0. The Kier molecular flexibility index (Phi) is 3.61. The van der Waals surface area contributed by atoms with E-state index in [1.165, 1.54) is 0 Å². The molecule has 1 fully saturated rings. The second-order valence-corrected chi connectivity index (χ2v) is 7.33. The fourth-order valence-electron chi connectivity index (χ4n) is 4.16. The molecule has 8 heteroatoms. The maximum absolute atomic E-state index is 12.8. The predicted octanol–water partition coefficient (Wildman–Crippen LogP) is 1.31. The first-order valence-corrected chi connectivity index (χ1v) is 9.34. The molecule has 8 nitrogen and oxygen atoms in total. The average Bonchev–Trinajstić information content (AvgIpc) is 3.19. The summed E-state index contributed by atoms with van der Waals surface area (Å²) in [7, 11) is 0.